The highest BCUT2D eigenvalue weighted by atomic mass is 35.5. The van der Waals surface area contributed by atoms with Crippen molar-refractivity contribution in [3.63, 3.8) is 0 Å². The fraction of sp³-hybridized carbons (Fsp3) is 0.611. The van der Waals surface area contributed by atoms with Gasteiger partial charge in [-0.05, 0) is 63.1 Å². The summed E-state index contributed by atoms with van der Waals surface area (Å²) in [6.45, 7) is 2.28. The number of nitrogens with one attached hydrogen (secondary N) is 1. The van der Waals surface area contributed by atoms with Crippen molar-refractivity contribution >= 4 is 17.6 Å². The zero-order chi connectivity index (χ0) is 15.1. The van der Waals surface area contributed by atoms with E-state index in [1.165, 1.54) is 37.2 Å². The minimum absolute atomic E-state index is 0.451. The van der Waals surface area contributed by atoms with Gasteiger partial charge in [0.2, 0.25) is 0 Å². The molecule has 0 aromatic heterocycles. The van der Waals surface area contributed by atoms with Crippen LogP contribution in [0.5, 0.6) is 0 Å². The Kier molecular flexibility index (Phi) is 3.77. The zero-order valence-corrected chi connectivity index (χ0v) is 13.9. The van der Waals surface area contributed by atoms with E-state index in [1.54, 1.807) is 0 Å². The molecular formula is C18H24ClN3. The van der Waals surface area contributed by atoms with Crippen molar-refractivity contribution in [1.29, 1.82) is 0 Å². The molecular weight excluding hydrogens is 294 g/mol. The van der Waals surface area contributed by atoms with Gasteiger partial charge in [0.15, 0.2) is 5.96 Å². The third kappa shape index (κ3) is 2.71. The number of hydrogen-bond donors (Lipinski definition) is 1. The summed E-state index contributed by atoms with van der Waals surface area (Å²) in [5.74, 6) is 1.17. The van der Waals surface area contributed by atoms with Gasteiger partial charge in [0.05, 0.1) is 6.04 Å². The largest absolute Gasteiger partial charge is 0.354 e. The number of aliphatic imine (C=N–C) groups is 1. The Morgan fingerprint density at radius 3 is 2.91 bits per heavy atom. The lowest BCUT2D eigenvalue weighted by Gasteiger charge is -2.44. The van der Waals surface area contributed by atoms with Gasteiger partial charge in [-0.15, -0.1) is 0 Å². The van der Waals surface area contributed by atoms with E-state index < -0.39 is 0 Å². The van der Waals surface area contributed by atoms with Crippen LogP contribution in [0.4, 0.5) is 0 Å². The molecule has 3 nitrogen and oxygen atoms in total. The van der Waals surface area contributed by atoms with Gasteiger partial charge in [0, 0.05) is 23.1 Å². The fourth-order valence-electron chi connectivity index (χ4n) is 4.38. The van der Waals surface area contributed by atoms with E-state index in [1.807, 2.05) is 12.1 Å². The second-order valence-electron chi connectivity index (χ2n) is 7.08. The summed E-state index contributed by atoms with van der Waals surface area (Å²) in [5.41, 5.74) is 1.32. The maximum Gasteiger partial charge on any atom is 0.194 e. The number of hydrogen-bond acceptors (Lipinski definition) is 3. The van der Waals surface area contributed by atoms with Crippen LogP contribution in [0, 0.1) is 0 Å². The van der Waals surface area contributed by atoms with E-state index in [9.17, 15) is 0 Å². The van der Waals surface area contributed by atoms with Crippen LogP contribution >= 0.6 is 11.6 Å². The molecule has 0 saturated carbocycles. The first-order valence-corrected chi connectivity index (χ1v) is 8.94. The van der Waals surface area contributed by atoms with E-state index in [2.05, 4.69) is 29.3 Å². The van der Waals surface area contributed by atoms with Gasteiger partial charge in [-0.3, -0.25) is 0 Å². The highest BCUT2D eigenvalue weighted by molar-refractivity contribution is 6.30. The van der Waals surface area contributed by atoms with Crippen molar-refractivity contribution in [2.75, 3.05) is 0 Å². The predicted octanol–water partition coefficient (Wildman–Crippen LogP) is 3.62. The molecule has 4 heteroatoms. The minimum atomic E-state index is 0.451. The van der Waals surface area contributed by atoms with Crippen LogP contribution in [-0.2, 0) is 6.42 Å². The number of halogens is 1. The monoisotopic (exact) mass is 317 g/mol. The molecule has 2 fully saturated rings. The summed E-state index contributed by atoms with van der Waals surface area (Å²) >= 11 is 6.08. The van der Waals surface area contributed by atoms with Crippen LogP contribution in [-0.4, -0.2) is 35.0 Å². The van der Waals surface area contributed by atoms with E-state index in [4.69, 9.17) is 16.6 Å². The Bertz CT molecular complexity index is 585. The summed E-state index contributed by atoms with van der Waals surface area (Å²) < 4.78 is 0. The van der Waals surface area contributed by atoms with Crippen LogP contribution in [0.3, 0.4) is 0 Å². The third-order valence-electron chi connectivity index (χ3n) is 5.37. The average Bonchev–Trinajstić information content (AvgIpc) is 2.89. The van der Waals surface area contributed by atoms with E-state index in [0.29, 0.717) is 18.1 Å². The Morgan fingerprint density at radius 2 is 2.09 bits per heavy atom. The summed E-state index contributed by atoms with van der Waals surface area (Å²) in [6, 6.07) is 10.7. The maximum absolute atomic E-state index is 6.08. The van der Waals surface area contributed by atoms with Gasteiger partial charge in [-0.1, -0.05) is 23.7 Å². The third-order valence-corrected chi connectivity index (χ3v) is 5.60. The Hall–Kier alpha value is -1.22. The Balaban J connectivity index is 1.46. The SMILES string of the molecule is C[C@H]1C[C@H]2CC[C@H]3C[C@@H](CCc4cccc(Cl)c4)N=C(N1)N23. The number of guanidine groups is 1. The minimum Gasteiger partial charge on any atom is -0.354 e. The van der Waals surface area contributed by atoms with Gasteiger partial charge in [0.25, 0.3) is 0 Å². The standard InChI is InChI=1S/C18H24ClN3/c1-12-9-16-7-8-17-11-15(21-18(20-12)22(16)17)6-5-13-3-2-4-14(19)10-13/h2-4,10,12,15-17H,5-9,11H2,1H3,(H,20,21)/t12-,15+,16+,17-/m0/s1. The van der Waals surface area contributed by atoms with Crippen molar-refractivity contribution in [3.05, 3.63) is 34.9 Å². The van der Waals surface area contributed by atoms with Gasteiger partial charge in [0.1, 0.15) is 0 Å². The second-order valence-corrected chi connectivity index (χ2v) is 7.52. The average molecular weight is 318 g/mol. The smallest absolute Gasteiger partial charge is 0.194 e. The molecule has 0 unspecified atom stereocenters. The van der Waals surface area contributed by atoms with Crippen LogP contribution in [0.2, 0.25) is 5.02 Å². The lowest BCUT2D eigenvalue weighted by molar-refractivity contribution is 0.210. The second kappa shape index (κ2) is 5.77. The first-order valence-electron chi connectivity index (χ1n) is 8.56. The number of aryl methyl sites for hydroxylation is 1. The molecule has 3 heterocycles. The van der Waals surface area contributed by atoms with Gasteiger partial charge < -0.3 is 10.2 Å². The van der Waals surface area contributed by atoms with Gasteiger partial charge >= 0.3 is 0 Å². The summed E-state index contributed by atoms with van der Waals surface area (Å²) in [7, 11) is 0. The first-order chi connectivity index (χ1) is 10.7. The number of nitrogens with zero attached hydrogens (tertiary/aromatic N) is 2. The fourth-order valence-corrected chi connectivity index (χ4v) is 4.60. The normalized spacial score (nSPS) is 33.2. The molecule has 0 amide bonds. The molecule has 22 heavy (non-hydrogen) atoms. The van der Waals surface area contributed by atoms with E-state index >= 15 is 0 Å². The predicted molar refractivity (Wildman–Crippen MR) is 91.5 cm³/mol. The van der Waals surface area contributed by atoms with E-state index in [0.717, 1.165) is 23.9 Å². The van der Waals surface area contributed by atoms with Crippen LogP contribution in [0.15, 0.2) is 29.3 Å². The maximum atomic E-state index is 6.08. The number of rotatable bonds is 3. The van der Waals surface area contributed by atoms with Crippen LogP contribution < -0.4 is 5.32 Å². The summed E-state index contributed by atoms with van der Waals surface area (Å²) in [6.07, 6.45) is 7.35. The van der Waals surface area contributed by atoms with Crippen molar-refractivity contribution in [3.8, 4) is 0 Å². The summed E-state index contributed by atoms with van der Waals surface area (Å²) in [5, 5.41) is 4.44. The molecule has 0 aliphatic carbocycles. The molecule has 1 aromatic rings. The topological polar surface area (TPSA) is 27.6 Å². The van der Waals surface area contributed by atoms with Crippen LogP contribution in [0.1, 0.15) is 44.6 Å². The van der Waals surface area contributed by atoms with Gasteiger partial charge in [-0.25, -0.2) is 4.99 Å². The van der Waals surface area contributed by atoms with E-state index in [-0.39, 0.29) is 0 Å². The lowest BCUT2D eigenvalue weighted by Crippen LogP contribution is -2.59. The molecule has 3 aliphatic rings. The summed E-state index contributed by atoms with van der Waals surface area (Å²) in [4.78, 5) is 7.61. The highest BCUT2D eigenvalue weighted by Gasteiger charge is 2.43. The highest BCUT2D eigenvalue weighted by Crippen LogP contribution is 2.36. The molecule has 118 valence electrons. The molecule has 0 radical (unpaired) electrons. The molecule has 3 aliphatic heterocycles. The molecule has 1 N–H and O–H groups in total. The Morgan fingerprint density at radius 1 is 1.27 bits per heavy atom. The van der Waals surface area contributed by atoms with Gasteiger partial charge in [-0.2, -0.15) is 0 Å². The quantitative estimate of drug-likeness (QED) is 0.922. The molecule has 1 aromatic carbocycles. The number of benzene rings is 1. The zero-order valence-electron chi connectivity index (χ0n) is 13.1. The van der Waals surface area contributed by atoms with Crippen LogP contribution in [0.25, 0.3) is 0 Å². The molecule has 4 atom stereocenters. The van der Waals surface area contributed by atoms with Crippen molar-refractivity contribution in [1.82, 2.24) is 10.2 Å². The molecule has 0 bridgehead atoms. The molecule has 4 rings (SSSR count). The first kappa shape index (κ1) is 14.4. The van der Waals surface area contributed by atoms with Crippen molar-refractivity contribution in [2.45, 2.75) is 69.6 Å². The molecule has 0 spiro atoms. The molecule has 2 saturated heterocycles. The van der Waals surface area contributed by atoms with Crippen molar-refractivity contribution in [2.24, 2.45) is 4.99 Å². The lowest BCUT2D eigenvalue weighted by atomic mass is 9.97. The van der Waals surface area contributed by atoms with Crippen molar-refractivity contribution < 1.29 is 0 Å². The Labute approximate surface area is 137 Å².